The molecule has 0 bridgehead atoms. The van der Waals surface area contributed by atoms with Crippen LogP contribution in [-0.2, 0) is 14.8 Å². The Morgan fingerprint density at radius 3 is 2.60 bits per heavy atom. The Labute approximate surface area is 175 Å². The molecule has 30 heavy (non-hydrogen) atoms. The fourth-order valence-electron chi connectivity index (χ4n) is 4.25. The number of piperidine rings is 1. The van der Waals surface area contributed by atoms with Crippen molar-refractivity contribution < 1.29 is 13.2 Å². The van der Waals surface area contributed by atoms with Gasteiger partial charge in [-0.3, -0.25) is 4.79 Å². The van der Waals surface area contributed by atoms with Crippen LogP contribution in [0.4, 0.5) is 5.69 Å². The first kappa shape index (κ1) is 18.8. The van der Waals surface area contributed by atoms with Crippen LogP contribution in [0.5, 0.6) is 0 Å². The van der Waals surface area contributed by atoms with Crippen LogP contribution in [0.2, 0.25) is 0 Å². The lowest BCUT2D eigenvalue weighted by Gasteiger charge is -2.36. The van der Waals surface area contributed by atoms with Crippen LogP contribution in [-0.4, -0.2) is 37.6 Å². The Morgan fingerprint density at radius 1 is 0.967 bits per heavy atom. The third-order valence-electron chi connectivity index (χ3n) is 5.71. The van der Waals surface area contributed by atoms with E-state index in [0.717, 1.165) is 29.3 Å². The molecule has 1 fully saturated rings. The van der Waals surface area contributed by atoms with Gasteiger partial charge in [-0.1, -0.05) is 42.5 Å². The molecule has 1 N–H and O–H groups in total. The molecule has 152 valence electrons. The molecular formula is C23H21N3O3S. The molecule has 0 aromatic heterocycles. The summed E-state index contributed by atoms with van der Waals surface area (Å²) >= 11 is 0. The van der Waals surface area contributed by atoms with E-state index < -0.39 is 16.1 Å². The number of hydrogen-bond acceptors (Lipinski definition) is 4. The van der Waals surface area contributed by atoms with Gasteiger partial charge in [-0.25, -0.2) is 0 Å². The lowest BCUT2D eigenvalue weighted by Crippen LogP contribution is -2.50. The van der Waals surface area contributed by atoms with E-state index in [2.05, 4.69) is 9.71 Å². The highest BCUT2D eigenvalue weighted by Gasteiger charge is 2.37. The third kappa shape index (κ3) is 3.25. The Hall–Kier alpha value is -3.19. The molecule has 0 radical (unpaired) electrons. The molecule has 7 heteroatoms. The molecule has 6 nitrogen and oxygen atoms in total. The number of sulfonamides is 1. The summed E-state index contributed by atoms with van der Waals surface area (Å²) in [6.45, 7) is 0.596. The molecule has 3 aromatic rings. The second kappa shape index (κ2) is 7.25. The highest BCUT2D eigenvalue weighted by Crippen LogP contribution is 2.31. The number of rotatable bonds is 2. The van der Waals surface area contributed by atoms with E-state index in [1.54, 1.807) is 24.3 Å². The van der Waals surface area contributed by atoms with Crippen LogP contribution >= 0.6 is 0 Å². The number of amidine groups is 1. The topological polar surface area (TPSA) is 78.8 Å². The van der Waals surface area contributed by atoms with Crippen molar-refractivity contribution in [2.45, 2.75) is 30.2 Å². The average molecular weight is 420 g/mol. The predicted molar refractivity (Wildman–Crippen MR) is 117 cm³/mol. The number of hydrogen-bond donors (Lipinski definition) is 1. The first-order valence-corrected chi connectivity index (χ1v) is 11.5. The number of nitrogens with one attached hydrogen (secondary N) is 1. The van der Waals surface area contributed by atoms with Gasteiger partial charge in [0.1, 0.15) is 10.9 Å². The predicted octanol–water partition coefficient (Wildman–Crippen LogP) is 3.78. The van der Waals surface area contributed by atoms with E-state index in [-0.39, 0.29) is 10.8 Å². The van der Waals surface area contributed by atoms with E-state index in [1.165, 1.54) is 0 Å². The summed E-state index contributed by atoms with van der Waals surface area (Å²) < 4.78 is 29.0. The maximum absolute atomic E-state index is 13.2. The molecule has 2 aliphatic heterocycles. The van der Waals surface area contributed by atoms with Gasteiger partial charge >= 0.3 is 0 Å². The fraction of sp³-hybridized carbons (Fsp3) is 0.217. The molecule has 3 aromatic carbocycles. The van der Waals surface area contributed by atoms with Crippen molar-refractivity contribution in [1.82, 2.24) is 4.90 Å². The maximum atomic E-state index is 13.2. The standard InChI is InChI=1S/C23H21N3O3S/c27-23(24-18-13-12-16-7-1-2-8-17(16)15-18)20-10-5-6-14-26(20)22-19-9-3-4-11-21(19)30(28,29)25-22/h1-4,7-9,11-13,15,20H,5-6,10,14H2,(H,24,27)/t20-/m0/s1. The van der Waals surface area contributed by atoms with Crippen LogP contribution in [0.15, 0.2) is 76.0 Å². The molecule has 1 amide bonds. The lowest BCUT2D eigenvalue weighted by atomic mass is 9.99. The average Bonchev–Trinajstić information content (AvgIpc) is 3.05. The minimum Gasteiger partial charge on any atom is -0.343 e. The van der Waals surface area contributed by atoms with Crippen molar-refractivity contribution in [1.29, 1.82) is 0 Å². The first-order valence-electron chi connectivity index (χ1n) is 10.0. The Bertz CT molecular complexity index is 1280. The van der Waals surface area contributed by atoms with Crippen molar-refractivity contribution in [3.63, 3.8) is 0 Å². The molecule has 0 unspecified atom stereocenters. The van der Waals surface area contributed by atoms with Gasteiger partial charge < -0.3 is 10.2 Å². The smallest absolute Gasteiger partial charge is 0.285 e. The summed E-state index contributed by atoms with van der Waals surface area (Å²) in [6, 6.07) is 20.1. The molecule has 0 aliphatic carbocycles. The van der Waals surface area contributed by atoms with Gasteiger partial charge in [-0.15, -0.1) is 4.40 Å². The third-order valence-corrected chi connectivity index (χ3v) is 7.03. The van der Waals surface area contributed by atoms with E-state index in [4.69, 9.17) is 0 Å². The van der Waals surface area contributed by atoms with Crippen LogP contribution in [0, 0.1) is 0 Å². The minimum atomic E-state index is -3.72. The summed E-state index contributed by atoms with van der Waals surface area (Å²) in [5.74, 6) is 0.235. The van der Waals surface area contributed by atoms with Crippen LogP contribution in [0.1, 0.15) is 24.8 Å². The fourth-order valence-corrected chi connectivity index (χ4v) is 5.46. The van der Waals surface area contributed by atoms with Gasteiger partial charge in [0, 0.05) is 17.8 Å². The Balaban J connectivity index is 1.45. The van der Waals surface area contributed by atoms with Crippen molar-refractivity contribution in [3.05, 3.63) is 72.3 Å². The SMILES string of the molecule is O=C(Nc1ccc2ccccc2c1)[C@@H]1CCCCN1C1=NS(=O)(=O)c2ccccc21. The monoisotopic (exact) mass is 419 g/mol. The zero-order chi connectivity index (χ0) is 20.7. The number of anilines is 1. The molecule has 5 rings (SSSR count). The van der Waals surface area contributed by atoms with E-state index in [9.17, 15) is 13.2 Å². The Kier molecular flexibility index (Phi) is 4.55. The lowest BCUT2D eigenvalue weighted by molar-refractivity contribution is -0.120. The van der Waals surface area contributed by atoms with Crippen molar-refractivity contribution >= 4 is 38.2 Å². The maximum Gasteiger partial charge on any atom is 0.285 e. The molecule has 2 aliphatic rings. The van der Waals surface area contributed by atoms with E-state index in [1.807, 2.05) is 47.4 Å². The van der Waals surface area contributed by atoms with Gasteiger partial charge in [0.15, 0.2) is 5.84 Å². The van der Waals surface area contributed by atoms with E-state index in [0.29, 0.717) is 24.4 Å². The first-order chi connectivity index (χ1) is 14.5. The molecule has 0 spiro atoms. The highest BCUT2D eigenvalue weighted by atomic mass is 32.2. The van der Waals surface area contributed by atoms with Crippen molar-refractivity contribution in [2.75, 3.05) is 11.9 Å². The summed E-state index contributed by atoms with van der Waals surface area (Å²) in [5.41, 5.74) is 1.30. The molecule has 0 saturated carbocycles. The van der Waals surface area contributed by atoms with Gasteiger partial charge in [-0.05, 0) is 54.3 Å². The normalized spacial score (nSPS) is 19.9. The Morgan fingerprint density at radius 2 is 1.73 bits per heavy atom. The summed E-state index contributed by atoms with van der Waals surface area (Å²) in [5, 5.41) is 5.18. The van der Waals surface area contributed by atoms with Gasteiger partial charge in [0.25, 0.3) is 10.0 Å². The molecule has 1 saturated heterocycles. The van der Waals surface area contributed by atoms with Gasteiger partial charge in [0.2, 0.25) is 5.91 Å². The number of carbonyl (C=O) groups excluding carboxylic acids is 1. The minimum absolute atomic E-state index is 0.144. The molecular weight excluding hydrogens is 398 g/mol. The van der Waals surface area contributed by atoms with Crippen LogP contribution in [0.3, 0.4) is 0 Å². The van der Waals surface area contributed by atoms with Crippen molar-refractivity contribution in [2.24, 2.45) is 4.40 Å². The zero-order valence-corrected chi connectivity index (χ0v) is 17.1. The number of fused-ring (bicyclic) bond motifs is 2. The second-order valence-corrected chi connectivity index (χ2v) is 9.21. The summed E-state index contributed by atoms with van der Waals surface area (Å²) in [4.78, 5) is 15.2. The van der Waals surface area contributed by atoms with Crippen LogP contribution in [0.25, 0.3) is 10.8 Å². The molecule has 1 atom stereocenters. The second-order valence-electron chi connectivity index (χ2n) is 7.64. The highest BCUT2D eigenvalue weighted by molar-refractivity contribution is 7.90. The van der Waals surface area contributed by atoms with Crippen LogP contribution < -0.4 is 5.32 Å². The zero-order valence-electron chi connectivity index (χ0n) is 16.3. The van der Waals surface area contributed by atoms with Crippen molar-refractivity contribution in [3.8, 4) is 0 Å². The quantitative estimate of drug-likeness (QED) is 0.686. The summed E-state index contributed by atoms with van der Waals surface area (Å²) in [6.07, 6.45) is 2.45. The number of carbonyl (C=O) groups is 1. The summed E-state index contributed by atoms with van der Waals surface area (Å²) in [7, 11) is -3.72. The number of nitrogens with zero attached hydrogens (tertiary/aromatic N) is 2. The van der Waals surface area contributed by atoms with Gasteiger partial charge in [0.05, 0.1) is 0 Å². The van der Waals surface area contributed by atoms with Gasteiger partial charge in [-0.2, -0.15) is 8.42 Å². The number of amides is 1. The number of likely N-dealkylation sites (tertiary alicyclic amines) is 1. The molecule has 2 heterocycles. The largest absolute Gasteiger partial charge is 0.343 e. The number of benzene rings is 3. The van der Waals surface area contributed by atoms with E-state index >= 15 is 0 Å².